The Kier molecular flexibility index (Phi) is 7.05. The lowest BCUT2D eigenvalue weighted by molar-refractivity contribution is -0.123. The summed E-state index contributed by atoms with van der Waals surface area (Å²) in [6.07, 6.45) is 3.29. The SMILES string of the molecule is CSCC(C)(O)CNC(=O)C(N)CCc1ccccc1. The van der Waals surface area contributed by atoms with E-state index in [-0.39, 0.29) is 12.5 Å². The Hall–Kier alpha value is -1.04. The normalized spacial score (nSPS) is 15.4. The number of aliphatic hydroxyl groups is 1. The Labute approximate surface area is 125 Å². The molecule has 20 heavy (non-hydrogen) atoms. The highest BCUT2D eigenvalue weighted by Gasteiger charge is 2.22. The van der Waals surface area contributed by atoms with Crippen molar-refractivity contribution < 1.29 is 9.90 Å². The van der Waals surface area contributed by atoms with Crippen LogP contribution >= 0.6 is 11.8 Å². The van der Waals surface area contributed by atoms with Crippen LogP contribution in [0.25, 0.3) is 0 Å². The van der Waals surface area contributed by atoms with Crippen LogP contribution in [0.5, 0.6) is 0 Å². The van der Waals surface area contributed by atoms with Gasteiger partial charge >= 0.3 is 0 Å². The Morgan fingerprint density at radius 3 is 2.70 bits per heavy atom. The van der Waals surface area contributed by atoms with Crippen molar-refractivity contribution >= 4 is 17.7 Å². The van der Waals surface area contributed by atoms with Crippen LogP contribution in [-0.4, -0.2) is 41.2 Å². The molecule has 0 bridgehead atoms. The second kappa shape index (κ2) is 8.29. The Balaban J connectivity index is 2.32. The van der Waals surface area contributed by atoms with E-state index >= 15 is 0 Å². The molecule has 0 spiro atoms. The first-order valence-corrected chi connectivity index (χ1v) is 8.12. The average molecular weight is 296 g/mol. The van der Waals surface area contributed by atoms with E-state index in [1.165, 1.54) is 5.56 Å². The number of carbonyl (C=O) groups excluding carboxylic acids is 1. The Morgan fingerprint density at radius 1 is 1.45 bits per heavy atom. The van der Waals surface area contributed by atoms with Crippen molar-refractivity contribution in [3.8, 4) is 0 Å². The molecule has 0 heterocycles. The van der Waals surface area contributed by atoms with Gasteiger partial charge in [0.05, 0.1) is 11.6 Å². The van der Waals surface area contributed by atoms with E-state index in [1.807, 2.05) is 36.6 Å². The van der Waals surface area contributed by atoms with E-state index in [9.17, 15) is 9.90 Å². The lowest BCUT2D eigenvalue weighted by atomic mass is 10.0. The fourth-order valence-corrected chi connectivity index (χ4v) is 2.59. The van der Waals surface area contributed by atoms with Crippen LogP contribution in [0.1, 0.15) is 18.9 Å². The summed E-state index contributed by atoms with van der Waals surface area (Å²) in [4.78, 5) is 11.9. The molecule has 0 aliphatic carbocycles. The molecule has 5 heteroatoms. The second-order valence-corrected chi connectivity index (χ2v) is 6.14. The van der Waals surface area contributed by atoms with Crippen molar-refractivity contribution in [2.75, 3.05) is 18.6 Å². The molecule has 0 radical (unpaired) electrons. The van der Waals surface area contributed by atoms with E-state index in [1.54, 1.807) is 18.7 Å². The maximum atomic E-state index is 11.9. The van der Waals surface area contributed by atoms with Crippen molar-refractivity contribution in [2.45, 2.75) is 31.4 Å². The number of benzene rings is 1. The molecular formula is C15H24N2O2S. The lowest BCUT2D eigenvalue weighted by Gasteiger charge is -2.23. The van der Waals surface area contributed by atoms with Gasteiger partial charge in [-0.15, -0.1) is 0 Å². The van der Waals surface area contributed by atoms with Gasteiger partial charge in [0.25, 0.3) is 0 Å². The number of aryl methyl sites for hydroxylation is 1. The molecule has 0 saturated heterocycles. The maximum Gasteiger partial charge on any atom is 0.237 e. The first kappa shape index (κ1) is 17.0. The molecule has 1 aromatic carbocycles. The number of amides is 1. The molecule has 2 unspecified atom stereocenters. The number of hydrogen-bond donors (Lipinski definition) is 3. The summed E-state index contributed by atoms with van der Waals surface area (Å²) in [7, 11) is 0. The quantitative estimate of drug-likeness (QED) is 0.673. The van der Waals surface area contributed by atoms with E-state index in [4.69, 9.17) is 5.73 Å². The molecule has 4 nitrogen and oxygen atoms in total. The zero-order valence-electron chi connectivity index (χ0n) is 12.1. The molecule has 0 aliphatic heterocycles. The lowest BCUT2D eigenvalue weighted by Crippen LogP contribution is -2.48. The monoisotopic (exact) mass is 296 g/mol. The van der Waals surface area contributed by atoms with Crippen LogP contribution in [0.3, 0.4) is 0 Å². The van der Waals surface area contributed by atoms with Crippen LogP contribution < -0.4 is 11.1 Å². The molecule has 2 atom stereocenters. The van der Waals surface area contributed by atoms with E-state index in [0.29, 0.717) is 12.2 Å². The van der Waals surface area contributed by atoms with Gasteiger partial charge in [-0.05, 0) is 31.6 Å². The van der Waals surface area contributed by atoms with Crippen molar-refractivity contribution in [2.24, 2.45) is 5.73 Å². The number of nitrogens with two attached hydrogens (primary N) is 1. The topological polar surface area (TPSA) is 75.3 Å². The van der Waals surface area contributed by atoms with Crippen molar-refractivity contribution in [1.29, 1.82) is 0 Å². The highest BCUT2D eigenvalue weighted by atomic mass is 32.2. The van der Waals surface area contributed by atoms with Crippen LogP contribution in [0.2, 0.25) is 0 Å². The second-order valence-electron chi connectivity index (χ2n) is 5.28. The molecule has 112 valence electrons. The Bertz CT molecular complexity index is 410. The molecule has 0 saturated carbocycles. The van der Waals surface area contributed by atoms with Gasteiger partial charge in [-0.2, -0.15) is 11.8 Å². The number of carbonyl (C=O) groups is 1. The summed E-state index contributed by atoms with van der Waals surface area (Å²) < 4.78 is 0. The number of hydrogen-bond acceptors (Lipinski definition) is 4. The average Bonchev–Trinajstić information content (AvgIpc) is 2.43. The van der Waals surface area contributed by atoms with E-state index < -0.39 is 11.6 Å². The van der Waals surface area contributed by atoms with Crippen molar-refractivity contribution in [1.82, 2.24) is 5.32 Å². The maximum absolute atomic E-state index is 11.9. The molecule has 1 amide bonds. The van der Waals surface area contributed by atoms with Gasteiger partial charge in [-0.1, -0.05) is 30.3 Å². The highest BCUT2D eigenvalue weighted by molar-refractivity contribution is 7.98. The highest BCUT2D eigenvalue weighted by Crippen LogP contribution is 2.09. The van der Waals surface area contributed by atoms with Crippen LogP contribution in [0.15, 0.2) is 30.3 Å². The third-order valence-corrected chi connectivity index (χ3v) is 3.93. The minimum absolute atomic E-state index is 0.206. The Morgan fingerprint density at radius 2 is 2.10 bits per heavy atom. The summed E-state index contributed by atoms with van der Waals surface area (Å²) in [5, 5.41) is 12.7. The summed E-state index contributed by atoms with van der Waals surface area (Å²) in [6, 6.07) is 9.41. The van der Waals surface area contributed by atoms with Crippen LogP contribution in [0, 0.1) is 0 Å². The molecule has 1 aromatic rings. The fourth-order valence-electron chi connectivity index (χ4n) is 1.87. The number of nitrogens with one attached hydrogen (secondary N) is 1. The third-order valence-electron chi connectivity index (χ3n) is 3.02. The van der Waals surface area contributed by atoms with Crippen molar-refractivity contribution in [3.63, 3.8) is 0 Å². The third kappa shape index (κ3) is 6.41. The number of rotatable bonds is 8. The van der Waals surface area contributed by atoms with Gasteiger partial charge in [0, 0.05) is 12.3 Å². The predicted octanol–water partition coefficient (Wildman–Crippen LogP) is 1.18. The van der Waals surface area contributed by atoms with Gasteiger partial charge in [-0.3, -0.25) is 4.79 Å². The van der Waals surface area contributed by atoms with E-state index in [2.05, 4.69) is 5.32 Å². The van der Waals surface area contributed by atoms with Crippen LogP contribution in [-0.2, 0) is 11.2 Å². The minimum atomic E-state index is -0.895. The molecule has 1 rings (SSSR count). The molecule has 0 aromatic heterocycles. The first-order valence-electron chi connectivity index (χ1n) is 6.73. The largest absolute Gasteiger partial charge is 0.387 e. The molecular weight excluding hydrogens is 272 g/mol. The summed E-state index contributed by atoms with van der Waals surface area (Å²) in [5.74, 6) is 0.370. The zero-order chi connectivity index (χ0) is 15.0. The van der Waals surface area contributed by atoms with Gasteiger partial charge in [0.15, 0.2) is 0 Å². The first-order chi connectivity index (χ1) is 9.44. The summed E-state index contributed by atoms with van der Waals surface area (Å²) >= 11 is 1.54. The smallest absolute Gasteiger partial charge is 0.237 e. The predicted molar refractivity (Wildman–Crippen MR) is 84.8 cm³/mol. The van der Waals surface area contributed by atoms with Gasteiger partial charge in [0.2, 0.25) is 5.91 Å². The van der Waals surface area contributed by atoms with E-state index in [0.717, 1.165) is 6.42 Å². The van der Waals surface area contributed by atoms with Gasteiger partial charge in [0.1, 0.15) is 0 Å². The summed E-state index contributed by atoms with van der Waals surface area (Å²) in [6.45, 7) is 1.94. The minimum Gasteiger partial charge on any atom is -0.387 e. The van der Waals surface area contributed by atoms with Crippen LogP contribution in [0.4, 0.5) is 0 Å². The van der Waals surface area contributed by atoms with Crippen molar-refractivity contribution in [3.05, 3.63) is 35.9 Å². The molecule has 4 N–H and O–H groups in total. The fraction of sp³-hybridized carbons (Fsp3) is 0.533. The zero-order valence-corrected chi connectivity index (χ0v) is 13.0. The number of thioether (sulfide) groups is 1. The van der Waals surface area contributed by atoms with Gasteiger partial charge in [-0.25, -0.2) is 0 Å². The standard InChI is InChI=1S/C15H24N2O2S/c1-15(19,11-20-2)10-17-14(18)13(16)9-8-12-6-4-3-5-7-12/h3-7,13,19H,8-11,16H2,1-2H3,(H,17,18). The van der Waals surface area contributed by atoms with Gasteiger partial charge < -0.3 is 16.2 Å². The molecule has 0 fully saturated rings. The molecule has 0 aliphatic rings. The summed E-state index contributed by atoms with van der Waals surface area (Å²) in [5.41, 5.74) is 6.15.